The molecule has 0 aromatic carbocycles. The molecule has 3 heterocycles. The highest BCUT2D eigenvalue weighted by molar-refractivity contribution is 5.92. The Bertz CT molecular complexity index is 688. The molecule has 0 spiro atoms. The van der Waals surface area contributed by atoms with Crippen LogP contribution in [-0.2, 0) is 0 Å². The Hall–Kier alpha value is -2.64. The van der Waals surface area contributed by atoms with Gasteiger partial charge in [-0.25, -0.2) is 9.97 Å². The fourth-order valence-corrected chi connectivity index (χ4v) is 2.54. The van der Waals surface area contributed by atoms with Crippen LogP contribution in [0.4, 0.5) is 0 Å². The zero-order chi connectivity index (χ0) is 16.2. The Morgan fingerprint density at radius 1 is 1.35 bits per heavy atom. The van der Waals surface area contributed by atoms with Gasteiger partial charge in [0.1, 0.15) is 11.9 Å². The monoisotopic (exact) mass is 318 g/mol. The van der Waals surface area contributed by atoms with E-state index in [0.29, 0.717) is 36.3 Å². The van der Waals surface area contributed by atoms with Crippen molar-refractivity contribution in [2.45, 2.75) is 25.9 Å². The number of likely N-dealkylation sites (tertiary alicyclic amines) is 1. The van der Waals surface area contributed by atoms with Gasteiger partial charge in [-0.15, -0.1) is 0 Å². The molecule has 1 aliphatic heterocycles. The number of rotatable bonds is 4. The largest absolute Gasteiger partial charge is 0.477 e. The van der Waals surface area contributed by atoms with Crippen LogP contribution >= 0.6 is 0 Å². The summed E-state index contributed by atoms with van der Waals surface area (Å²) in [6, 6.07) is 1.64. The molecule has 3 rings (SSSR count). The number of hydrogen-bond acceptors (Lipinski definition) is 7. The molecule has 122 valence electrons. The van der Waals surface area contributed by atoms with Crippen molar-refractivity contribution in [2.75, 3.05) is 20.2 Å². The van der Waals surface area contributed by atoms with Gasteiger partial charge in [0.2, 0.25) is 0 Å². The van der Waals surface area contributed by atoms with E-state index in [4.69, 9.17) is 14.0 Å². The van der Waals surface area contributed by atoms with Crippen LogP contribution in [0.3, 0.4) is 0 Å². The molecule has 8 nitrogen and oxygen atoms in total. The molecule has 0 bridgehead atoms. The highest BCUT2D eigenvalue weighted by Crippen LogP contribution is 2.24. The summed E-state index contributed by atoms with van der Waals surface area (Å²) in [6.07, 6.45) is 4.60. The van der Waals surface area contributed by atoms with Crippen molar-refractivity contribution in [1.82, 2.24) is 20.0 Å². The molecule has 1 saturated heterocycles. The molecular formula is C15H18N4O4. The summed E-state index contributed by atoms with van der Waals surface area (Å²) >= 11 is 0. The van der Waals surface area contributed by atoms with Crippen molar-refractivity contribution in [3.63, 3.8) is 0 Å². The summed E-state index contributed by atoms with van der Waals surface area (Å²) in [5.41, 5.74) is 0.320. The smallest absolute Gasteiger partial charge is 0.278 e. The number of amides is 1. The first-order valence-corrected chi connectivity index (χ1v) is 7.41. The number of aromatic nitrogens is 3. The maximum Gasteiger partial charge on any atom is 0.278 e. The third kappa shape index (κ3) is 3.41. The number of piperidine rings is 1. The Morgan fingerprint density at radius 3 is 2.83 bits per heavy atom. The van der Waals surface area contributed by atoms with Crippen LogP contribution in [0.5, 0.6) is 11.8 Å². The van der Waals surface area contributed by atoms with Gasteiger partial charge < -0.3 is 18.9 Å². The summed E-state index contributed by atoms with van der Waals surface area (Å²) in [4.78, 5) is 22.3. The first kappa shape index (κ1) is 15.3. The maximum absolute atomic E-state index is 12.4. The molecule has 23 heavy (non-hydrogen) atoms. The third-order valence-electron chi connectivity index (χ3n) is 3.62. The second-order valence-electron chi connectivity index (χ2n) is 5.33. The minimum Gasteiger partial charge on any atom is -0.477 e. The Labute approximate surface area is 133 Å². The number of carbonyl (C=O) groups excluding carboxylic acids is 1. The molecule has 0 N–H and O–H groups in total. The molecule has 2 aromatic rings. The van der Waals surface area contributed by atoms with Crippen molar-refractivity contribution in [3.05, 3.63) is 29.9 Å². The molecule has 1 aliphatic rings. The highest BCUT2D eigenvalue weighted by Gasteiger charge is 2.28. The van der Waals surface area contributed by atoms with Gasteiger partial charge in [-0.1, -0.05) is 5.16 Å². The van der Waals surface area contributed by atoms with Crippen LogP contribution in [0.25, 0.3) is 0 Å². The number of aryl methyl sites for hydroxylation is 1. The van der Waals surface area contributed by atoms with E-state index in [-0.39, 0.29) is 12.0 Å². The van der Waals surface area contributed by atoms with Crippen molar-refractivity contribution in [2.24, 2.45) is 0 Å². The number of methoxy groups -OCH3 is 1. The van der Waals surface area contributed by atoms with Crippen LogP contribution in [0.15, 0.2) is 23.0 Å². The lowest BCUT2D eigenvalue weighted by atomic mass is 10.1. The predicted molar refractivity (Wildman–Crippen MR) is 79.4 cm³/mol. The van der Waals surface area contributed by atoms with E-state index >= 15 is 0 Å². The molecule has 0 aliphatic carbocycles. The van der Waals surface area contributed by atoms with E-state index in [1.165, 1.54) is 13.3 Å². The van der Waals surface area contributed by atoms with Crippen molar-refractivity contribution >= 4 is 5.91 Å². The van der Waals surface area contributed by atoms with Gasteiger partial charge in [0, 0.05) is 25.0 Å². The Kier molecular flexibility index (Phi) is 4.40. The van der Waals surface area contributed by atoms with E-state index in [2.05, 4.69) is 15.1 Å². The van der Waals surface area contributed by atoms with E-state index < -0.39 is 0 Å². The second kappa shape index (κ2) is 6.64. The summed E-state index contributed by atoms with van der Waals surface area (Å²) in [5, 5.41) is 3.78. The lowest BCUT2D eigenvalue weighted by Crippen LogP contribution is -2.44. The van der Waals surface area contributed by atoms with Gasteiger partial charge in [-0.2, -0.15) is 0 Å². The summed E-state index contributed by atoms with van der Waals surface area (Å²) in [6.45, 7) is 2.89. The number of carbonyl (C=O) groups is 1. The summed E-state index contributed by atoms with van der Waals surface area (Å²) in [5.74, 6) is 1.14. The first-order chi connectivity index (χ1) is 11.2. The van der Waals surface area contributed by atoms with Crippen molar-refractivity contribution in [3.8, 4) is 11.8 Å². The predicted octanol–water partition coefficient (Wildman–Crippen LogP) is 1.47. The lowest BCUT2D eigenvalue weighted by molar-refractivity contribution is 0.0510. The average molecular weight is 318 g/mol. The topological polar surface area (TPSA) is 90.6 Å². The summed E-state index contributed by atoms with van der Waals surface area (Å²) < 4.78 is 16.0. The normalized spacial score (nSPS) is 17.8. The van der Waals surface area contributed by atoms with Gasteiger partial charge in [-0.3, -0.25) is 4.79 Å². The molecule has 2 aromatic heterocycles. The molecule has 1 amide bonds. The Morgan fingerprint density at radius 2 is 2.13 bits per heavy atom. The second-order valence-corrected chi connectivity index (χ2v) is 5.33. The van der Waals surface area contributed by atoms with Gasteiger partial charge >= 0.3 is 0 Å². The van der Waals surface area contributed by atoms with E-state index in [1.54, 1.807) is 24.1 Å². The van der Waals surface area contributed by atoms with E-state index in [9.17, 15) is 4.79 Å². The van der Waals surface area contributed by atoms with Gasteiger partial charge in [0.15, 0.2) is 5.69 Å². The molecule has 8 heteroatoms. The van der Waals surface area contributed by atoms with Gasteiger partial charge in [0.05, 0.1) is 13.7 Å². The molecule has 1 unspecified atom stereocenters. The fraction of sp³-hybridized carbons (Fsp3) is 0.467. The molecule has 1 atom stereocenters. The van der Waals surface area contributed by atoms with Crippen LogP contribution in [0.1, 0.15) is 29.1 Å². The standard InChI is InChI=1S/C15H18N4O4/c1-10-8-12(18-23-10)15(20)19-7-3-4-11(9-19)22-14-13(21-2)16-5-6-17-14/h5-6,8,11H,3-4,7,9H2,1-2H3. The van der Waals surface area contributed by atoms with Crippen molar-refractivity contribution in [1.29, 1.82) is 0 Å². The minimum absolute atomic E-state index is 0.152. The van der Waals surface area contributed by atoms with Gasteiger partial charge in [-0.05, 0) is 19.8 Å². The average Bonchev–Trinajstić information content (AvgIpc) is 3.01. The number of nitrogens with zero attached hydrogens (tertiary/aromatic N) is 4. The SMILES string of the molecule is COc1nccnc1OC1CCCN(C(=O)c2cc(C)on2)C1. The maximum atomic E-state index is 12.4. The number of ether oxygens (including phenoxy) is 2. The molecule has 0 saturated carbocycles. The Balaban J connectivity index is 1.67. The fourth-order valence-electron chi connectivity index (χ4n) is 2.54. The van der Waals surface area contributed by atoms with Crippen LogP contribution < -0.4 is 9.47 Å². The molecule has 1 fully saturated rings. The summed E-state index contributed by atoms with van der Waals surface area (Å²) in [7, 11) is 1.51. The zero-order valence-electron chi connectivity index (χ0n) is 13.1. The van der Waals surface area contributed by atoms with E-state index in [1.807, 2.05) is 0 Å². The van der Waals surface area contributed by atoms with Crippen LogP contribution in [0.2, 0.25) is 0 Å². The third-order valence-corrected chi connectivity index (χ3v) is 3.62. The van der Waals surface area contributed by atoms with Crippen LogP contribution in [-0.4, -0.2) is 52.2 Å². The highest BCUT2D eigenvalue weighted by atomic mass is 16.5. The molecule has 0 radical (unpaired) electrons. The lowest BCUT2D eigenvalue weighted by Gasteiger charge is -2.32. The van der Waals surface area contributed by atoms with E-state index in [0.717, 1.165) is 12.8 Å². The molecular weight excluding hydrogens is 300 g/mol. The quantitative estimate of drug-likeness (QED) is 0.843. The van der Waals surface area contributed by atoms with Crippen LogP contribution in [0, 0.1) is 6.92 Å². The number of hydrogen-bond donors (Lipinski definition) is 0. The minimum atomic E-state index is -0.161. The van der Waals surface area contributed by atoms with Crippen molar-refractivity contribution < 1.29 is 18.8 Å². The first-order valence-electron chi connectivity index (χ1n) is 7.41. The zero-order valence-corrected chi connectivity index (χ0v) is 13.1. The van der Waals surface area contributed by atoms with Gasteiger partial charge in [0.25, 0.3) is 17.7 Å².